The van der Waals surface area contributed by atoms with Gasteiger partial charge in [0.15, 0.2) is 6.20 Å². The van der Waals surface area contributed by atoms with Crippen LogP contribution in [0.15, 0.2) is 45.7 Å². The number of rotatable bonds is 3. The maximum atomic E-state index is 12.2. The molecule has 4 aliphatic heterocycles. The van der Waals surface area contributed by atoms with Crippen LogP contribution in [0.3, 0.4) is 0 Å². The molecule has 0 spiro atoms. The van der Waals surface area contributed by atoms with Gasteiger partial charge in [0, 0.05) is 27.8 Å². The molecule has 0 bridgehead atoms. The summed E-state index contributed by atoms with van der Waals surface area (Å²) in [5.74, 6) is 1.04. The molecule has 1 saturated heterocycles. The van der Waals surface area contributed by atoms with Gasteiger partial charge in [0.1, 0.15) is 12.3 Å². The van der Waals surface area contributed by atoms with Crippen LogP contribution in [0.4, 0.5) is 11.4 Å². The molecule has 0 radical (unpaired) electrons. The van der Waals surface area contributed by atoms with Gasteiger partial charge < -0.3 is 16.0 Å². The van der Waals surface area contributed by atoms with Crippen molar-refractivity contribution in [3.05, 3.63) is 36.2 Å². The number of nitrogens with one attached hydrogen (secondary N) is 3. The molecular formula is C19H22N7O2+. The van der Waals surface area contributed by atoms with Crippen molar-refractivity contribution < 1.29 is 14.4 Å². The molecule has 144 valence electrons. The molecule has 1 aromatic rings. The average Bonchev–Trinajstić information content (AvgIpc) is 3.33. The van der Waals surface area contributed by atoms with Gasteiger partial charge in [-0.1, -0.05) is 6.07 Å². The third kappa shape index (κ3) is 2.67. The van der Waals surface area contributed by atoms with E-state index < -0.39 is 5.41 Å². The molecule has 2 unspecified atom stereocenters. The fourth-order valence-electron chi connectivity index (χ4n) is 3.77. The lowest BCUT2D eigenvalue weighted by Gasteiger charge is -2.24. The first-order valence-corrected chi connectivity index (χ1v) is 9.38. The molecule has 0 saturated carbocycles. The van der Waals surface area contributed by atoms with Crippen molar-refractivity contribution in [3.63, 3.8) is 0 Å². The number of carbonyl (C=O) groups is 1. The van der Waals surface area contributed by atoms with E-state index >= 15 is 0 Å². The number of amidine groups is 1. The van der Waals surface area contributed by atoms with Crippen LogP contribution in [0.2, 0.25) is 0 Å². The molecule has 1 aromatic carbocycles. The topological polar surface area (TPSA) is 99.5 Å². The number of hydrogen-bond acceptors (Lipinski definition) is 7. The zero-order valence-corrected chi connectivity index (χ0v) is 15.8. The summed E-state index contributed by atoms with van der Waals surface area (Å²) in [5.41, 5.74) is 2.05. The Labute approximate surface area is 162 Å². The largest absolute Gasteiger partial charge is 0.325 e. The fourth-order valence-corrected chi connectivity index (χ4v) is 3.77. The van der Waals surface area contributed by atoms with Crippen LogP contribution in [0.5, 0.6) is 0 Å². The Morgan fingerprint density at radius 2 is 2.25 bits per heavy atom. The van der Waals surface area contributed by atoms with Crippen LogP contribution in [0.1, 0.15) is 25.8 Å². The molecule has 5 rings (SSSR count). The third-order valence-corrected chi connectivity index (χ3v) is 5.43. The van der Waals surface area contributed by atoms with Gasteiger partial charge in [-0.2, -0.15) is 4.84 Å². The number of amides is 1. The first-order valence-electron chi connectivity index (χ1n) is 9.38. The minimum Gasteiger partial charge on any atom is -0.325 e. The number of hydrogen-bond donors (Lipinski definition) is 3. The molecule has 9 heteroatoms. The molecule has 4 aliphatic rings. The molecule has 2 atom stereocenters. The standard InChI is InChI=1S/C19H21N7O2/c1-19(2)14-4-3-12(9-15(14)23-17(19)27)22-18-24-16-11-21-7-8-26(16,25-18)28-13-5-6-20-10-13/h3-4,7-9,11,13,20H,5-6,10H2,1-2H3,(H-,22,23,25,27)/p+1. The van der Waals surface area contributed by atoms with E-state index in [-0.39, 0.29) is 16.8 Å². The average molecular weight is 380 g/mol. The van der Waals surface area contributed by atoms with Crippen molar-refractivity contribution in [3.8, 4) is 0 Å². The zero-order chi connectivity index (χ0) is 19.4. The highest BCUT2D eigenvalue weighted by atomic mass is 16.8. The molecular weight excluding hydrogens is 358 g/mol. The maximum Gasteiger partial charge on any atom is 0.315 e. The highest BCUT2D eigenvalue weighted by Gasteiger charge is 2.45. The van der Waals surface area contributed by atoms with Gasteiger partial charge in [0.05, 0.1) is 11.6 Å². The van der Waals surface area contributed by atoms with E-state index in [0.29, 0.717) is 11.8 Å². The first-order chi connectivity index (χ1) is 13.5. The van der Waals surface area contributed by atoms with E-state index in [0.717, 1.165) is 36.4 Å². The van der Waals surface area contributed by atoms with Crippen LogP contribution in [-0.4, -0.2) is 47.9 Å². The van der Waals surface area contributed by atoms with Gasteiger partial charge >= 0.3 is 5.84 Å². The van der Waals surface area contributed by atoms with Gasteiger partial charge in [0.25, 0.3) is 5.96 Å². The molecule has 3 N–H and O–H groups in total. The summed E-state index contributed by atoms with van der Waals surface area (Å²) >= 11 is 0. The summed E-state index contributed by atoms with van der Waals surface area (Å²) in [4.78, 5) is 27.1. The Hall–Kier alpha value is -2.88. The second-order valence-corrected chi connectivity index (χ2v) is 7.78. The SMILES string of the molecule is CC1(C)C(=O)Nc2cc(NC3=N[N+]4(OC5CCNC5)C=CN=CC4=N3)ccc21. The van der Waals surface area contributed by atoms with Gasteiger partial charge in [-0.15, -0.1) is 4.99 Å². The van der Waals surface area contributed by atoms with E-state index in [1.165, 1.54) is 0 Å². The Morgan fingerprint density at radius 1 is 1.36 bits per heavy atom. The third-order valence-electron chi connectivity index (χ3n) is 5.43. The van der Waals surface area contributed by atoms with E-state index in [1.54, 1.807) is 18.6 Å². The minimum atomic E-state index is -0.528. The van der Waals surface area contributed by atoms with Crippen molar-refractivity contribution in [2.24, 2.45) is 15.1 Å². The second-order valence-electron chi connectivity index (χ2n) is 7.78. The molecule has 4 heterocycles. The van der Waals surface area contributed by atoms with Crippen molar-refractivity contribution in [1.82, 2.24) is 5.32 Å². The summed E-state index contributed by atoms with van der Waals surface area (Å²) < 4.78 is -0.146. The number of quaternary nitrogens is 1. The molecule has 0 aliphatic carbocycles. The van der Waals surface area contributed by atoms with Gasteiger partial charge in [0.2, 0.25) is 5.91 Å². The van der Waals surface area contributed by atoms with Gasteiger partial charge in [-0.05, 0) is 44.5 Å². The predicted octanol–water partition coefficient (Wildman–Crippen LogP) is 1.68. The summed E-state index contributed by atoms with van der Waals surface area (Å²) in [5, 5.41) is 14.1. The highest BCUT2D eigenvalue weighted by Crippen LogP contribution is 2.38. The smallest absolute Gasteiger partial charge is 0.315 e. The Morgan fingerprint density at radius 3 is 3.07 bits per heavy atom. The molecule has 1 amide bonds. The van der Waals surface area contributed by atoms with Gasteiger partial charge in [-0.25, -0.2) is 0 Å². The summed E-state index contributed by atoms with van der Waals surface area (Å²) in [7, 11) is 0. The zero-order valence-electron chi connectivity index (χ0n) is 15.8. The minimum absolute atomic E-state index is 0.000314. The van der Waals surface area contributed by atoms with E-state index in [4.69, 9.17) is 4.84 Å². The number of nitrogens with zero attached hydrogens (tertiary/aromatic N) is 4. The molecule has 9 nitrogen and oxygen atoms in total. The number of carbonyl (C=O) groups excluding carboxylic acids is 1. The lowest BCUT2D eigenvalue weighted by molar-refractivity contribution is -1.00. The monoisotopic (exact) mass is 380 g/mol. The van der Waals surface area contributed by atoms with E-state index in [9.17, 15) is 4.79 Å². The predicted molar refractivity (Wildman–Crippen MR) is 107 cm³/mol. The van der Waals surface area contributed by atoms with Crippen molar-refractivity contribution in [1.29, 1.82) is 0 Å². The van der Waals surface area contributed by atoms with E-state index in [1.807, 2.05) is 32.0 Å². The molecule has 28 heavy (non-hydrogen) atoms. The quantitative estimate of drug-likeness (QED) is 0.695. The van der Waals surface area contributed by atoms with Crippen LogP contribution < -0.4 is 16.0 Å². The molecule has 0 aromatic heterocycles. The highest BCUT2D eigenvalue weighted by molar-refractivity contribution is 6.30. The number of fused-ring (bicyclic) bond motifs is 2. The Balaban J connectivity index is 1.41. The van der Waals surface area contributed by atoms with Crippen LogP contribution >= 0.6 is 0 Å². The first kappa shape index (κ1) is 17.2. The van der Waals surface area contributed by atoms with Crippen LogP contribution in [-0.2, 0) is 15.0 Å². The lowest BCUT2D eigenvalue weighted by atomic mass is 9.86. The summed E-state index contributed by atoms with van der Waals surface area (Å²) in [6.45, 7) is 5.56. The van der Waals surface area contributed by atoms with Crippen molar-refractivity contribution in [2.75, 3.05) is 23.7 Å². The summed E-state index contributed by atoms with van der Waals surface area (Å²) in [6, 6.07) is 5.78. The molecule has 1 fully saturated rings. The summed E-state index contributed by atoms with van der Waals surface area (Å²) in [6.07, 6.45) is 6.09. The van der Waals surface area contributed by atoms with E-state index in [2.05, 4.69) is 31.0 Å². The Kier molecular flexibility index (Phi) is 3.73. The Bertz CT molecular complexity index is 972. The second kappa shape index (κ2) is 6.06. The lowest BCUT2D eigenvalue weighted by Crippen LogP contribution is -2.46. The number of anilines is 2. The number of guanidine groups is 1. The normalized spacial score (nSPS) is 29.2. The van der Waals surface area contributed by atoms with Crippen LogP contribution in [0.25, 0.3) is 0 Å². The van der Waals surface area contributed by atoms with Gasteiger partial charge in [-0.3, -0.25) is 9.79 Å². The number of benzene rings is 1. The van der Waals surface area contributed by atoms with Crippen molar-refractivity contribution >= 4 is 35.3 Å². The van der Waals surface area contributed by atoms with Crippen molar-refractivity contribution in [2.45, 2.75) is 31.8 Å². The maximum absolute atomic E-state index is 12.2. The van der Waals surface area contributed by atoms with Crippen LogP contribution in [0, 0.1) is 0 Å². The number of hydroxylamine groups is 2. The fraction of sp³-hybridized carbons (Fsp3) is 0.368. The number of aliphatic imine (C=N–C) groups is 2.